The first-order chi connectivity index (χ1) is 7.86. The molecule has 0 bridgehead atoms. The molecule has 2 rings (SSSR count). The number of aliphatic hydroxyl groups is 1. The topological polar surface area (TPSA) is 50.9 Å². The predicted molar refractivity (Wildman–Crippen MR) is 61.3 cm³/mol. The molecular weight excluding hydrogens is 202 g/mol. The molecule has 0 unspecified atom stereocenters. The lowest BCUT2D eigenvalue weighted by molar-refractivity contribution is 0.281. The van der Waals surface area contributed by atoms with Crippen LogP contribution in [0.15, 0.2) is 30.7 Å². The summed E-state index contributed by atoms with van der Waals surface area (Å²) in [5, 5.41) is 9.26. The van der Waals surface area contributed by atoms with Crippen molar-refractivity contribution >= 4 is 0 Å². The number of aromatic nitrogens is 3. The van der Waals surface area contributed by atoms with Gasteiger partial charge in [-0.2, -0.15) is 0 Å². The Hall–Kier alpha value is -1.68. The second kappa shape index (κ2) is 4.90. The molecule has 84 valence electrons. The highest BCUT2D eigenvalue weighted by Gasteiger charge is 2.08. The Morgan fingerprint density at radius 3 is 2.94 bits per heavy atom. The van der Waals surface area contributed by atoms with Gasteiger partial charge in [0.25, 0.3) is 0 Å². The summed E-state index contributed by atoms with van der Waals surface area (Å²) in [6, 6.07) is 3.70. The van der Waals surface area contributed by atoms with Gasteiger partial charge in [-0.3, -0.25) is 4.57 Å². The van der Waals surface area contributed by atoms with Gasteiger partial charge in [0, 0.05) is 30.6 Å². The minimum absolute atomic E-state index is 0.00703. The maximum Gasteiger partial charge on any atom is 0.143 e. The average molecular weight is 217 g/mol. The fraction of sp³-hybridized carbons (Fsp3) is 0.333. The molecule has 2 aromatic rings. The molecule has 4 nitrogen and oxygen atoms in total. The van der Waals surface area contributed by atoms with E-state index in [1.54, 1.807) is 12.4 Å². The first kappa shape index (κ1) is 10.8. The summed E-state index contributed by atoms with van der Waals surface area (Å²) in [4.78, 5) is 8.60. The van der Waals surface area contributed by atoms with Crippen molar-refractivity contribution in [3.8, 4) is 5.82 Å². The van der Waals surface area contributed by atoms with Crippen LogP contribution < -0.4 is 0 Å². The molecule has 0 aliphatic rings. The van der Waals surface area contributed by atoms with Crippen LogP contribution in [-0.2, 0) is 13.0 Å². The Labute approximate surface area is 94.6 Å². The number of aliphatic hydroxyl groups excluding tert-OH is 1. The molecule has 0 saturated carbocycles. The summed E-state index contributed by atoms with van der Waals surface area (Å²) in [6.45, 7) is 2.11. The molecule has 2 aromatic heterocycles. The van der Waals surface area contributed by atoms with Crippen LogP contribution in [0, 0.1) is 0 Å². The van der Waals surface area contributed by atoms with Gasteiger partial charge in [0.05, 0.1) is 6.61 Å². The van der Waals surface area contributed by atoms with Crippen LogP contribution in [0.2, 0.25) is 0 Å². The average Bonchev–Trinajstić information content (AvgIpc) is 2.77. The van der Waals surface area contributed by atoms with E-state index in [9.17, 15) is 5.11 Å². The van der Waals surface area contributed by atoms with E-state index < -0.39 is 0 Å². The molecule has 16 heavy (non-hydrogen) atoms. The van der Waals surface area contributed by atoms with Crippen LogP contribution in [0.1, 0.15) is 24.7 Å². The molecule has 0 aliphatic carbocycles. The minimum atomic E-state index is -0.00703. The van der Waals surface area contributed by atoms with Gasteiger partial charge in [0.1, 0.15) is 11.6 Å². The van der Waals surface area contributed by atoms with E-state index in [4.69, 9.17) is 0 Å². The summed E-state index contributed by atoms with van der Waals surface area (Å²) in [5.74, 6) is 1.75. The fourth-order valence-electron chi connectivity index (χ4n) is 1.71. The van der Waals surface area contributed by atoms with Crippen molar-refractivity contribution in [2.75, 3.05) is 0 Å². The second-order valence-electron chi connectivity index (χ2n) is 3.61. The molecule has 0 spiro atoms. The lowest BCUT2D eigenvalue weighted by atomic mass is 10.2. The molecule has 4 heteroatoms. The maximum atomic E-state index is 9.26. The first-order valence-corrected chi connectivity index (χ1v) is 5.44. The number of aryl methyl sites for hydroxylation is 1. The summed E-state index contributed by atoms with van der Waals surface area (Å²) in [6.07, 6.45) is 7.32. The molecule has 0 aromatic carbocycles. The van der Waals surface area contributed by atoms with Crippen molar-refractivity contribution in [3.63, 3.8) is 0 Å². The highest BCUT2D eigenvalue weighted by molar-refractivity contribution is 5.34. The van der Waals surface area contributed by atoms with Crippen LogP contribution in [0.25, 0.3) is 5.82 Å². The smallest absolute Gasteiger partial charge is 0.143 e. The number of pyridine rings is 1. The largest absolute Gasteiger partial charge is 0.392 e. The molecule has 1 N–H and O–H groups in total. The lowest BCUT2D eigenvalue weighted by Crippen LogP contribution is -2.05. The number of nitrogens with zero attached hydrogens (tertiary/aromatic N) is 3. The standard InChI is InChI=1S/C12H15N3O/c1-2-4-11-13-7-8-15(11)12-10(9-16)5-3-6-14-12/h3,5-8,16H,2,4,9H2,1H3. The molecular formula is C12H15N3O. The van der Waals surface area contributed by atoms with Crippen LogP contribution in [-0.4, -0.2) is 19.6 Å². The van der Waals surface area contributed by atoms with Crippen molar-refractivity contribution in [3.05, 3.63) is 42.1 Å². The summed E-state index contributed by atoms with van der Waals surface area (Å²) in [5.41, 5.74) is 0.817. The Morgan fingerprint density at radius 1 is 1.31 bits per heavy atom. The number of hydrogen-bond acceptors (Lipinski definition) is 3. The van der Waals surface area contributed by atoms with Gasteiger partial charge in [-0.15, -0.1) is 0 Å². The zero-order valence-corrected chi connectivity index (χ0v) is 9.30. The third-order valence-electron chi connectivity index (χ3n) is 2.46. The van der Waals surface area contributed by atoms with Gasteiger partial charge < -0.3 is 5.11 Å². The Balaban J connectivity index is 2.45. The number of imidazole rings is 1. The monoisotopic (exact) mass is 217 g/mol. The van der Waals surface area contributed by atoms with Gasteiger partial charge in [-0.25, -0.2) is 9.97 Å². The Kier molecular flexibility index (Phi) is 3.31. The fourth-order valence-corrected chi connectivity index (χ4v) is 1.71. The molecule has 0 saturated heterocycles. The third-order valence-corrected chi connectivity index (χ3v) is 2.46. The van der Waals surface area contributed by atoms with Gasteiger partial charge in [-0.1, -0.05) is 13.0 Å². The summed E-state index contributed by atoms with van der Waals surface area (Å²) >= 11 is 0. The zero-order chi connectivity index (χ0) is 11.4. The van der Waals surface area contributed by atoms with E-state index in [2.05, 4.69) is 16.9 Å². The molecule has 0 radical (unpaired) electrons. The van der Waals surface area contributed by atoms with Crippen LogP contribution >= 0.6 is 0 Å². The third kappa shape index (κ3) is 1.97. The molecule has 0 fully saturated rings. The van der Waals surface area contributed by atoms with E-state index >= 15 is 0 Å². The van der Waals surface area contributed by atoms with Crippen LogP contribution in [0.4, 0.5) is 0 Å². The minimum Gasteiger partial charge on any atom is -0.392 e. The van der Waals surface area contributed by atoms with Gasteiger partial charge >= 0.3 is 0 Å². The van der Waals surface area contributed by atoms with E-state index in [0.29, 0.717) is 0 Å². The van der Waals surface area contributed by atoms with E-state index in [-0.39, 0.29) is 6.61 Å². The van der Waals surface area contributed by atoms with E-state index in [1.807, 2.05) is 22.9 Å². The number of hydrogen-bond donors (Lipinski definition) is 1. The highest BCUT2D eigenvalue weighted by Crippen LogP contribution is 2.14. The second-order valence-corrected chi connectivity index (χ2v) is 3.61. The Morgan fingerprint density at radius 2 is 2.19 bits per heavy atom. The van der Waals surface area contributed by atoms with Crippen molar-refractivity contribution in [2.24, 2.45) is 0 Å². The van der Waals surface area contributed by atoms with Crippen LogP contribution in [0.3, 0.4) is 0 Å². The van der Waals surface area contributed by atoms with Gasteiger partial charge in [-0.05, 0) is 12.5 Å². The predicted octanol–water partition coefficient (Wildman–Crippen LogP) is 1.71. The van der Waals surface area contributed by atoms with Crippen molar-refractivity contribution in [1.29, 1.82) is 0 Å². The first-order valence-electron chi connectivity index (χ1n) is 5.44. The van der Waals surface area contributed by atoms with Gasteiger partial charge in [0.15, 0.2) is 0 Å². The summed E-state index contributed by atoms with van der Waals surface area (Å²) in [7, 11) is 0. The maximum absolute atomic E-state index is 9.26. The van der Waals surface area contributed by atoms with Crippen molar-refractivity contribution < 1.29 is 5.11 Å². The van der Waals surface area contributed by atoms with Crippen molar-refractivity contribution in [2.45, 2.75) is 26.4 Å². The van der Waals surface area contributed by atoms with Crippen LogP contribution in [0.5, 0.6) is 0 Å². The lowest BCUT2D eigenvalue weighted by Gasteiger charge is -2.09. The molecule has 0 amide bonds. The number of rotatable bonds is 4. The molecule has 0 atom stereocenters. The van der Waals surface area contributed by atoms with E-state index in [1.165, 1.54) is 0 Å². The summed E-state index contributed by atoms with van der Waals surface area (Å²) < 4.78 is 1.94. The zero-order valence-electron chi connectivity index (χ0n) is 9.30. The van der Waals surface area contributed by atoms with E-state index in [0.717, 1.165) is 30.0 Å². The molecule has 0 aliphatic heterocycles. The highest BCUT2D eigenvalue weighted by atomic mass is 16.3. The quantitative estimate of drug-likeness (QED) is 0.848. The SMILES string of the molecule is CCCc1nccn1-c1ncccc1CO. The molecule has 2 heterocycles. The van der Waals surface area contributed by atoms with Gasteiger partial charge in [0.2, 0.25) is 0 Å². The van der Waals surface area contributed by atoms with Crippen molar-refractivity contribution in [1.82, 2.24) is 14.5 Å². The normalized spacial score (nSPS) is 10.6. The Bertz CT molecular complexity index is 465.